The number of ketones is 1. The number of carbonyl (C=O) groups excluding carboxylic acids is 2. The first-order valence-electron chi connectivity index (χ1n) is 10.9. The summed E-state index contributed by atoms with van der Waals surface area (Å²) in [5.74, 6) is -2.33. The molecule has 0 spiro atoms. The minimum absolute atomic E-state index is 0.108. The number of hydrogen-bond donors (Lipinski definition) is 1. The second kappa shape index (κ2) is 9.25. The molecule has 0 radical (unpaired) electrons. The number of rotatable bonds is 5. The van der Waals surface area contributed by atoms with Gasteiger partial charge < -0.3 is 10.1 Å². The van der Waals surface area contributed by atoms with Gasteiger partial charge >= 0.3 is 12.1 Å². The Morgan fingerprint density at radius 2 is 1.76 bits per heavy atom. The van der Waals surface area contributed by atoms with E-state index in [1.807, 2.05) is 30.3 Å². The zero-order valence-corrected chi connectivity index (χ0v) is 18.0. The molecule has 0 bridgehead atoms. The lowest BCUT2D eigenvalue weighted by Crippen LogP contribution is -2.41. The minimum atomic E-state index is -4.48. The third-order valence-electron chi connectivity index (χ3n) is 6.12. The molecule has 2 aromatic rings. The highest BCUT2D eigenvalue weighted by atomic mass is 19.4. The molecule has 0 saturated heterocycles. The zero-order valence-electron chi connectivity index (χ0n) is 18.0. The van der Waals surface area contributed by atoms with Gasteiger partial charge in [0.05, 0.1) is 12.2 Å². The normalized spacial score (nSPS) is 20.8. The van der Waals surface area contributed by atoms with Crippen LogP contribution < -0.4 is 5.32 Å². The van der Waals surface area contributed by atoms with Crippen molar-refractivity contribution in [1.29, 1.82) is 0 Å². The molecule has 7 heteroatoms. The van der Waals surface area contributed by atoms with Gasteiger partial charge in [-0.2, -0.15) is 13.2 Å². The maximum Gasteiger partial charge on any atom is 0.416 e. The van der Waals surface area contributed by atoms with Gasteiger partial charge in [-0.15, -0.1) is 0 Å². The summed E-state index contributed by atoms with van der Waals surface area (Å²) in [7, 11) is 0. The summed E-state index contributed by atoms with van der Waals surface area (Å²) in [6.45, 7) is 4.14. The van der Waals surface area contributed by atoms with Crippen LogP contribution in [0.15, 0.2) is 78.1 Å². The summed E-state index contributed by atoms with van der Waals surface area (Å²) >= 11 is 0. The maximum atomic E-state index is 13.2. The Bertz CT molecular complexity index is 1090. The average molecular weight is 455 g/mol. The van der Waals surface area contributed by atoms with Crippen LogP contribution in [-0.2, 0) is 26.9 Å². The van der Waals surface area contributed by atoms with Gasteiger partial charge in [-0.25, -0.2) is 0 Å². The largest absolute Gasteiger partial charge is 0.465 e. The lowest BCUT2D eigenvalue weighted by atomic mass is 9.71. The third-order valence-corrected chi connectivity index (χ3v) is 6.12. The fourth-order valence-electron chi connectivity index (χ4n) is 4.51. The lowest BCUT2D eigenvalue weighted by molar-refractivity contribution is -0.148. The molecular weight excluding hydrogens is 431 g/mol. The van der Waals surface area contributed by atoms with E-state index in [2.05, 4.69) is 11.9 Å². The monoisotopic (exact) mass is 455 g/mol. The number of hydrogen-bond acceptors (Lipinski definition) is 4. The van der Waals surface area contributed by atoms with Crippen molar-refractivity contribution < 1.29 is 27.5 Å². The first-order valence-corrected chi connectivity index (χ1v) is 10.9. The van der Waals surface area contributed by atoms with Crippen LogP contribution in [0, 0.1) is 5.92 Å². The second-order valence-corrected chi connectivity index (χ2v) is 8.30. The molecule has 0 fully saturated rings. The molecule has 0 aromatic heterocycles. The van der Waals surface area contributed by atoms with Crippen LogP contribution in [0.4, 0.5) is 13.2 Å². The van der Waals surface area contributed by atoms with E-state index in [9.17, 15) is 22.8 Å². The highest BCUT2D eigenvalue weighted by molar-refractivity contribution is 6.00. The van der Waals surface area contributed by atoms with Crippen LogP contribution in [-0.4, -0.2) is 18.4 Å². The Hall–Kier alpha value is -3.35. The smallest absolute Gasteiger partial charge is 0.416 e. The molecule has 1 N–H and O–H groups in total. The molecule has 1 heterocycles. The standard InChI is InChI=1S/C26H24F3NO3/c1-16-22(25(32)33-15-14-17-6-3-2-4-7-17)23(24-20(30-16)8-5-9-21(24)31)18-10-12-19(13-11-18)26(27,28)29/h2-4,6-7,10-13,22-23,30H,1,5,8-9,14-15H2. The number of alkyl halides is 3. The molecule has 2 atom stereocenters. The number of Topliss-reactive ketones (excluding diaryl/α,β-unsaturated/α-hetero) is 1. The van der Waals surface area contributed by atoms with E-state index in [0.29, 0.717) is 48.2 Å². The van der Waals surface area contributed by atoms with Crippen molar-refractivity contribution in [3.63, 3.8) is 0 Å². The summed E-state index contributed by atoms with van der Waals surface area (Å²) < 4.78 is 44.8. The number of carbonyl (C=O) groups is 2. The molecule has 1 aliphatic heterocycles. The molecule has 4 rings (SSSR count). The minimum Gasteiger partial charge on any atom is -0.465 e. The Balaban J connectivity index is 1.64. The van der Waals surface area contributed by atoms with Gasteiger partial charge in [0.15, 0.2) is 5.78 Å². The highest BCUT2D eigenvalue weighted by Gasteiger charge is 2.44. The van der Waals surface area contributed by atoms with Crippen LogP contribution in [0.5, 0.6) is 0 Å². The Kier molecular flexibility index (Phi) is 6.40. The SMILES string of the molecule is C=C1NC2=C(C(=O)CCC2)C(c2ccc(C(F)(F)F)cc2)C1C(=O)OCCc1ccccc1. The summed E-state index contributed by atoms with van der Waals surface area (Å²) in [5, 5.41) is 3.11. The number of ether oxygens (including phenoxy) is 1. The topological polar surface area (TPSA) is 55.4 Å². The van der Waals surface area contributed by atoms with Crippen LogP contribution in [0.2, 0.25) is 0 Å². The molecule has 33 heavy (non-hydrogen) atoms. The summed E-state index contributed by atoms with van der Waals surface area (Å²) in [6, 6.07) is 14.2. The summed E-state index contributed by atoms with van der Waals surface area (Å²) in [6.07, 6.45) is -2.33. The molecule has 172 valence electrons. The highest BCUT2D eigenvalue weighted by Crippen LogP contribution is 2.44. The van der Waals surface area contributed by atoms with Crippen molar-refractivity contribution in [2.45, 2.75) is 37.8 Å². The predicted octanol–water partition coefficient (Wildman–Crippen LogP) is 5.32. The quantitative estimate of drug-likeness (QED) is 0.621. The molecule has 2 aromatic carbocycles. The molecule has 1 aliphatic carbocycles. The van der Waals surface area contributed by atoms with Crippen molar-refractivity contribution in [2.75, 3.05) is 6.61 Å². The first kappa shape index (κ1) is 22.8. The molecule has 2 unspecified atom stereocenters. The first-order chi connectivity index (χ1) is 15.8. The van der Waals surface area contributed by atoms with E-state index in [4.69, 9.17) is 4.74 Å². The van der Waals surface area contributed by atoms with Crippen molar-refractivity contribution in [2.24, 2.45) is 5.92 Å². The van der Waals surface area contributed by atoms with E-state index < -0.39 is 29.5 Å². The van der Waals surface area contributed by atoms with Crippen LogP contribution in [0.1, 0.15) is 41.9 Å². The van der Waals surface area contributed by atoms with Crippen molar-refractivity contribution in [1.82, 2.24) is 5.32 Å². The van der Waals surface area contributed by atoms with E-state index in [1.165, 1.54) is 12.1 Å². The second-order valence-electron chi connectivity index (χ2n) is 8.30. The molecule has 4 nitrogen and oxygen atoms in total. The number of benzene rings is 2. The van der Waals surface area contributed by atoms with Gasteiger partial charge in [-0.1, -0.05) is 49.0 Å². The maximum absolute atomic E-state index is 13.2. The van der Waals surface area contributed by atoms with Gasteiger partial charge in [-0.05, 0) is 36.1 Å². The number of nitrogens with one attached hydrogen (secondary N) is 1. The summed E-state index contributed by atoms with van der Waals surface area (Å²) in [5.41, 5.74) is 2.20. The third kappa shape index (κ3) is 4.87. The Morgan fingerprint density at radius 3 is 2.42 bits per heavy atom. The van der Waals surface area contributed by atoms with Crippen molar-refractivity contribution in [3.8, 4) is 0 Å². The average Bonchev–Trinajstić information content (AvgIpc) is 2.78. The van der Waals surface area contributed by atoms with Gasteiger partial charge in [0, 0.05) is 35.7 Å². The zero-order chi connectivity index (χ0) is 23.6. The number of allylic oxidation sites excluding steroid dienone is 2. The van der Waals surface area contributed by atoms with Gasteiger partial charge in [0.2, 0.25) is 0 Å². The van der Waals surface area contributed by atoms with E-state index in [-0.39, 0.29) is 12.4 Å². The van der Waals surface area contributed by atoms with Gasteiger partial charge in [0.25, 0.3) is 0 Å². The van der Waals surface area contributed by atoms with Crippen LogP contribution in [0.25, 0.3) is 0 Å². The van der Waals surface area contributed by atoms with Gasteiger partial charge in [-0.3, -0.25) is 9.59 Å². The van der Waals surface area contributed by atoms with Gasteiger partial charge in [0.1, 0.15) is 5.92 Å². The summed E-state index contributed by atoms with van der Waals surface area (Å²) in [4.78, 5) is 26.0. The molecular formula is C26H24F3NO3. The molecule has 2 aliphatic rings. The van der Waals surface area contributed by atoms with Crippen molar-refractivity contribution >= 4 is 11.8 Å². The fraction of sp³-hybridized carbons (Fsp3) is 0.308. The molecule has 0 saturated carbocycles. The number of halogens is 3. The Labute approximate surface area is 190 Å². The van der Waals surface area contributed by atoms with E-state index in [0.717, 1.165) is 17.7 Å². The Morgan fingerprint density at radius 1 is 1.06 bits per heavy atom. The van der Waals surface area contributed by atoms with Crippen LogP contribution >= 0.6 is 0 Å². The fourth-order valence-corrected chi connectivity index (χ4v) is 4.51. The number of esters is 1. The van der Waals surface area contributed by atoms with Crippen LogP contribution in [0.3, 0.4) is 0 Å². The molecule has 0 amide bonds. The van der Waals surface area contributed by atoms with Crippen molar-refractivity contribution in [3.05, 3.63) is 94.8 Å². The van der Waals surface area contributed by atoms with E-state index >= 15 is 0 Å². The predicted molar refractivity (Wildman–Crippen MR) is 117 cm³/mol. The lowest BCUT2D eigenvalue weighted by Gasteiger charge is -2.38. The van der Waals surface area contributed by atoms with E-state index in [1.54, 1.807) is 0 Å².